The first kappa shape index (κ1) is 16.2. The predicted octanol–water partition coefficient (Wildman–Crippen LogP) is -0.177. The third-order valence-electron chi connectivity index (χ3n) is 3.09. The second kappa shape index (κ2) is 7.68. The van der Waals surface area contributed by atoms with E-state index in [9.17, 15) is 14.4 Å². The van der Waals surface area contributed by atoms with E-state index in [4.69, 9.17) is 9.84 Å². The molecule has 1 unspecified atom stereocenters. The highest BCUT2D eigenvalue weighted by Gasteiger charge is 2.28. The molecule has 0 bridgehead atoms. The van der Waals surface area contributed by atoms with Gasteiger partial charge in [-0.1, -0.05) is 0 Å². The van der Waals surface area contributed by atoms with E-state index in [1.54, 1.807) is 0 Å². The number of amides is 2. The summed E-state index contributed by atoms with van der Waals surface area (Å²) in [5.74, 6) is -1.69. The van der Waals surface area contributed by atoms with Gasteiger partial charge in [-0.15, -0.1) is 0 Å². The average Bonchev–Trinajstić information content (AvgIpc) is 2.42. The second-order valence-corrected chi connectivity index (χ2v) is 4.57. The topological polar surface area (TPSA) is 105 Å². The second-order valence-electron chi connectivity index (χ2n) is 4.57. The highest BCUT2D eigenvalue weighted by molar-refractivity contribution is 5.83. The van der Waals surface area contributed by atoms with Crippen molar-refractivity contribution in [3.05, 3.63) is 0 Å². The van der Waals surface area contributed by atoms with Crippen LogP contribution in [0.3, 0.4) is 0 Å². The Labute approximate surface area is 117 Å². The average molecular weight is 288 g/mol. The first-order chi connectivity index (χ1) is 9.45. The van der Waals surface area contributed by atoms with Crippen molar-refractivity contribution in [2.24, 2.45) is 0 Å². The molecular weight excluding hydrogens is 268 g/mol. The van der Waals surface area contributed by atoms with E-state index in [2.05, 4.69) is 10.1 Å². The quantitative estimate of drug-likeness (QED) is 0.680. The number of carbonyl (C=O) groups excluding carboxylic acids is 2. The normalized spacial score (nSPS) is 20.1. The molecule has 1 heterocycles. The van der Waals surface area contributed by atoms with Gasteiger partial charge >= 0.3 is 18.0 Å². The highest BCUT2D eigenvalue weighted by atomic mass is 16.5. The molecule has 0 spiro atoms. The number of nitrogens with one attached hydrogen (secondary N) is 1. The number of rotatable bonds is 5. The van der Waals surface area contributed by atoms with Crippen LogP contribution in [-0.2, 0) is 19.1 Å². The van der Waals surface area contributed by atoms with Gasteiger partial charge < -0.3 is 24.8 Å². The lowest BCUT2D eigenvalue weighted by atomic mass is 10.1. The molecule has 8 heteroatoms. The number of hydrogen-bond acceptors (Lipinski definition) is 5. The van der Waals surface area contributed by atoms with Crippen LogP contribution < -0.4 is 5.32 Å². The number of carboxylic acids is 1. The van der Waals surface area contributed by atoms with Gasteiger partial charge in [-0.05, 0) is 13.3 Å². The minimum absolute atomic E-state index is 0.00747. The monoisotopic (exact) mass is 288 g/mol. The molecule has 20 heavy (non-hydrogen) atoms. The zero-order valence-electron chi connectivity index (χ0n) is 11.6. The van der Waals surface area contributed by atoms with Crippen LogP contribution in [0, 0.1) is 0 Å². The summed E-state index contributed by atoms with van der Waals surface area (Å²) in [7, 11) is 1.23. The lowest BCUT2D eigenvalue weighted by molar-refractivity contribution is -0.142. The first-order valence-corrected chi connectivity index (χ1v) is 6.40. The van der Waals surface area contributed by atoms with Crippen molar-refractivity contribution < 1.29 is 29.0 Å². The SMILES string of the molecule is COC(=O)CC[C@@H](NC(=O)N1CCOCC1C)C(=O)O. The molecule has 114 valence electrons. The van der Waals surface area contributed by atoms with Gasteiger partial charge in [0.2, 0.25) is 0 Å². The third kappa shape index (κ3) is 4.69. The maximum atomic E-state index is 12.0. The number of esters is 1. The van der Waals surface area contributed by atoms with Crippen LogP contribution in [0.4, 0.5) is 4.79 Å². The molecule has 0 aromatic heterocycles. The number of ether oxygens (including phenoxy) is 2. The number of aliphatic carboxylic acids is 1. The van der Waals surface area contributed by atoms with Crippen molar-refractivity contribution in [2.75, 3.05) is 26.9 Å². The lowest BCUT2D eigenvalue weighted by Crippen LogP contribution is -2.54. The smallest absolute Gasteiger partial charge is 0.326 e. The lowest BCUT2D eigenvalue weighted by Gasteiger charge is -2.34. The maximum Gasteiger partial charge on any atom is 0.326 e. The van der Waals surface area contributed by atoms with E-state index in [0.717, 1.165) is 0 Å². The maximum absolute atomic E-state index is 12.0. The number of morpholine rings is 1. The van der Waals surface area contributed by atoms with Crippen molar-refractivity contribution in [1.82, 2.24) is 10.2 Å². The number of hydrogen-bond donors (Lipinski definition) is 2. The fourth-order valence-corrected chi connectivity index (χ4v) is 1.88. The summed E-state index contributed by atoms with van der Waals surface area (Å²) < 4.78 is 9.66. The number of carboxylic acid groups (broad SMARTS) is 1. The van der Waals surface area contributed by atoms with Gasteiger partial charge in [-0.25, -0.2) is 9.59 Å². The summed E-state index contributed by atoms with van der Waals surface area (Å²) in [6, 6.07) is -1.69. The number of nitrogens with zero attached hydrogens (tertiary/aromatic N) is 1. The third-order valence-corrected chi connectivity index (χ3v) is 3.09. The fraction of sp³-hybridized carbons (Fsp3) is 0.750. The summed E-state index contributed by atoms with van der Waals surface area (Å²) in [4.78, 5) is 35.7. The predicted molar refractivity (Wildman–Crippen MR) is 68.2 cm³/mol. The minimum atomic E-state index is -1.18. The van der Waals surface area contributed by atoms with Gasteiger partial charge in [0.15, 0.2) is 0 Å². The highest BCUT2D eigenvalue weighted by Crippen LogP contribution is 2.08. The molecule has 2 amide bonds. The molecule has 1 fully saturated rings. The van der Waals surface area contributed by atoms with Crippen LogP contribution in [0.25, 0.3) is 0 Å². The van der Waals surface area contributed by atoms with Crippen LogP contribution in [-0.4, -0.2) is 66.9 Å². The minimum Gasteiger partial charge on any atom is -0.480 e. The Morgan fingerprint density at radius 1 is 1.50 bits per heavy atom. The van der Waals surface area contributed by atoms with Gasteiger partial charge in [0.05, 0.1) is 26.4 Å². The zero-order chi connectivity index (χ0) is 15.1. The Bertz CT molecular complexity index is 373. The molecular formula is C12H20N2O6. The summed E-state index contributed by atoms with van der Waals surface area (Å²) in [5, 5.41) is 11.5. The first-order valence-electron chi connectivity index (χ1n) is 6.40. The summed E-state index contributed by atoms with van der Waals surface area (Å²) in [5.41, 5.74) is 0. The van der Waals surface area contributed by atoms with Gasteiger partial charge in [0.25, 0.3) is 0 Å². The zero-order valence-corrected chi connectivity index (χ0v) is 11.6. The summed E-state index contributed by atoms with van der Waals surface area (Å²) in [6.45, 7) is 3.09. The van der Waals surface area contributed by atoms with E-state index in [1.807, 2.05) is 6.92 Å². The van der Waals surface area contributed by atoms with Crippen molar-refractivity contribution in [3.8, 4) is 0 Å². The summed E-state index contributed by atoms with van der Waals surface area (Å²) in [6.07, 6.45) is -0.0706. The standard InChI is InChI=1S/C12H20N2O6/c1-8-7-20-6-5-14(8)12(18)13-9(11(16)17)3-4-10(15)19-2/h8-9H,3-7H2,1-2H3,(H,13,18)(H,16,17)/t8?,9-/m1/s1. The Kier molecular flexibility index (Phi) is 6.23. The number of carbonyl (C=O) groups is 3. The van der Waals surface area contributed by atoms with Crippen molar-refractivity contribution in [1.29, 1.82) is 0 Å². The van der Waals surface area contributed by atoms with E-state index in [0.29, 0.717) is 19.8 Å². The largest absolute Gasteiger partial charge is 0.480 e. The number of urea groups is 1. The van der Waals surface area contributed by atoms with Crippen molar-refractivity contribution >= 4 is 18.0 Å². The number of methoxy groups -OCH3 is 1. The molecule has 0 aromatic carbocycles. The molecule has 0 aromatic rings. The van der Waals surface area contributed by atoms with Crippen LogP contribution in [0.1, 0.15) is 19.8 Å². The molecule has 0 aliphatic carbocycles. The molecule has 1 saturated heterocycles. The fourth-order valence-electron chi connectivity index (χ4n) is 1.88. The molecule has 1 aliphatic rings. The molecule has 1 rings (SSSR count). The van der Waals surface area contributed by atoms with Crippen molar-refractivity contribution in [2.45, 2.75) is 31.8 Å². The van der Waals surface area contributed by atoms with Crippen LogP contribution >= 0.6 is 0 Å². The molecule has 1 aliphatic heterocycles. The molecule has 8 nitrogen and oxygen atoms in total. The van der Waals surface area contributed by atoms with Gasteiger partial charge in [0.1, 0.15) is 6.04 Å². The van der Waals surface area contributed by atoms with E-state index >= 15 is 0 Å². The van der Waals surface area contributed by atoms with E-state index in [1.165, 1.54) is 12.0 Å². The molecule has 2 atom stereocenters. The van der Waals surface area contributed by atoms with Gasteiger partial charge in [0, 0.05) is 13.0 Å². The van der Waals surface area contributed by atoms with Crippen LogP contribution in [0.15, 0.2) is 0 Å². The Hall–Kier alpha value is -1.83. The molecule has 2 N–H and O–H groups in total. The Morgan fingerprint density at radius 2 is 2.20 bits per heavy atom. The molecule has 0 radical (unpaired) electrons. The van der Waals surface area contributed by atoms with Gasteiger partial charge in [-0.2, -0.15) is 0 Å². The van der Waals surface area contributed by atoms with Crippen LogP contribution in [0.5, 0.6) is 0 Å². The van der Waals surface area contributed by atoms with Gasteiger partial charge in [-0.3, -0.25) is 4.79 Å². The Morgan fingerprint density at radius 3 is 2.75 bits per heavy atom. The molecule has 0 saturated carbocycles. The summed E-state index contributed by atoms with van der Waals surface area (Å²) >= 11 is 0. The van der Waals surface area contributed by atoms with Crippen molar-refractivity contribution in [3.63, 3.8) is 0 Å². The van der Waals surface area contributed by atoms with Crippen LogP contribution in [0.2, 0.25) is 0 Å². The van der Waals surface area contributed by atoms with E-state index < -0.39 is 24.0 Å². The Balaban J connectivity index is 2.53. The van der Waals surface area contributed by atoms with E-state index in [-0.39, 0.29) is 18.9 Å².